The standard InChI is InChI=1S/C25H32ClFN3O5PS/c26-18-7-9-20(10-8-18)37(33,34)30-19(3-1-6-23(30)21-4-2-5-22(27)24(21)36)17-35-25(32)29-13-11-28(12-14-29)15-16-31/h2,4-5,7-10,19,23,31H,1,3,6,11-17,36H2. The molecule has 1 N–H and O–H groups in total. The van der Waals surface area contributed by atoms with Crippen molar-refractivity contribution >= 4 is 42.3 Å². The summed E-state index contributed by atoms with van der Waals surface area (Å²) in [5.41, 5.74) is 0.568. The zero-order valence-corrected chi connectivity index (χ0v) is 23.2. The van der Waals surface area contributed by atoms with E-state index in [1.807, 2.05) is 0 Å². The first kappa shape index (κ1) is 28.2. The summed E-state index contributed by atoms with van der Waals surface area (Å²) in [6, 6.07) is 9.34. The number of carbonyl (C=O) groups is 1. The predicted octanol–water partition coefficient (Wildman–Crippen LogP) is 3.01. The van der Waals surface area contributed by atoms with Gasteiger partial charge in [-0.2, -0.15) is 4.31 Å². The molecule has 8 nitrogen and oxygen atoms in total. The molecule has 0 aromatic heterocycles. The third-order valence-corrected chi connectivity index (χ3v) is 9.80. The van der Waals surface area contributed by atoms with E-state index in [0.29, 0.717) is 67.9 Å². The van der Waals surface area contributed by atoms with Crippen molar-refractivity contribution in [2.24, 2.45) is 0 Å². The van der Waals surface area contributed by atoms with Gasteiger partial charge in [0, 0.05) is 43.1 Å². The Hall–Kier alpha value is -1.81. The van der Waals surface area contributed by atoms with Gasteiger partial charge in [-0.15, -0.1) is 9.24 Å². The fraction of sp³-hybridized carbons (Fsp3) is 0.480. The van der Waals surface area contributed by atoms with Crippen LogP contribution >= 0.6 is 20.8 Å². The molecule has 2 aliphatic rings. The number of ether oxygens (including phenoxy) is 1. The van der Waals surface area contributed by atoms with Crippen LogP contribution in [0.5, 0.6) is 0 Å². The van der Waals surface area contributed by atoms with Crippen LogP contribution in [0.15, 0.2) is 47.4 Å². The summed E-state index contributed by atoms with van der Waals surface area (Å²) < 4.78 is 49.4. The van der Waals surface area contributed by atoms with Crippen molar-refractivity contribution < 1.29 is 27.4 Å². The second-order valence-corrected chi connectivity index (χ2v) is 12.1. The van der Waals surface area contributed by atoms with E-state index in [-0.39, 0.29) is 18.1 Å². The Labute approximate surface area is 224 Å². The molecule has 4 rings (SSSR count). The van der Waals surface area contributed by atoms with Gasteiger partial charge in [-0.1, -0.05) is 23.7 Å². The van der Waals surface area contributed by atoms with E-state index < -0.39 is 34.0 Å². The number of hydrogen-bond acceptors (Lipinski definition) is 6. The van der Waals surface area contributed by atoms with E-state index in [2.05, 4.69) is 14.1 Å². The Morgan fingerprint density at radius 2 is 1.81 bits per heavy atom. The number of aliphatic hydroxyl groups is 1. The van der Waals surface area contributed by atoms with Gasteiger partial charge >= 0.3 is 6.09 Å². The number of β-amino-alcohol motifs (C(OH)–C–C–N with tert-alkyl or cyclic N) is 1. The van der Waals surface area contributed by atoms with Crippen LogP contribution in [0.2, 0.25) is 5.02 Å². The SMILES string of the molecule is O=C(OCC1CCCC(c2cccc(F)c2P)N1S(=O)(=O)c1ccc(Cl)cc1)N1CCN(CCO)CC1. The van der Waals surface area contributed by atoms with Crippen LogP contribution in [0.25, 0.3) is 0 Å². The first-order valence-electron chi connectivity index (χ1n) is 12.3. The van der Waals surface area contributed by atoms with Gasteiger partial charge in [0.15, 0.2) is 0 Å². The van der Waals surface area contributed by atoms with Crippen LogP contribution < -0.4 is 5.30 Å². The molecule has 202 valence electrons. The highest BCUT2D eigenvalue weighted by molar-refractivity contribution is 7.89. The third kappa shape index (κ3) is 6.44. The minimum atomic E-state index is -4.03. The number of amides is 1. The third-order valence-electron chi connectivity index (χ3n) is 6.96. The van der Waals surface area contributed by atoms with Gasteiger partial charge in [0.2, 0.25) is 10.0 Å². The van der Waals surface area contributed by atoms with Gasteiger partial charge in [0.05, 0.1) is 23.6 Å². The Bertz CT molecular complexity index is 1200. The van der Waals surface area contributed by atoms with E-state index in [4.69, 9.17) is 21.4 Å². The smallest absolute Gasteiger partial charge is 0.409 e. The highest BCUT2D eigenvalue weighted by Crippen LogP contribution is 2.39. The maximum atomic E-state index is 14.5. The lowest BCUT2D eigenvalue weighted by atomic mass is 9.93. The summed E-state index contributed by atoms with van der Waals surface area (Å²) in [4.78, 5) is 16.6. The molecule has 0 bridgehead atoms. The van der Waals surface area contributed by atoms with Crippen LogP contribution in [-0.4, -0.2) is 85.7 Å². The van der Waals surface area contributed by atoms with Gasteiger partial charge in [-0.3, -0.25) is 4.90 Å². The summed E-state index contributed by atoms with van der Waals surface area (Å²) in [5, 5.41) is 9.85. The van der Waals surface area contributed by atoms with Gasteiger partial charge in [0.25, 0.3) is 0 Å². The van der Waals surface area contributed by atoms with Crippen molar-refractivity contribution in [2.45, 2.75) is 36.2 Å². The Balaban J connectivity index is 1.58. The largest absolute Gasteiger partial charge is 0.448 e. The minimum Gasteiger partial charge on any atom is -0.448 e. The topological polar surface area (TPSA) is 90.4 Å². The molecule has 2 aliphatic heterocycles. The fourth-order valence-electron chi connectivity index (χ4n) is 5.00. The molecule has 3 unspecified atom stereocenters. The summed E-state index contributed by atoms with van der Waals surface area (Å²) in [6.07, 6.45) is 1.21. The molecule has 2 heterocycles. The molecular formula is C25H32ClFN3O5PS. The number of nitrogens with zero attached hydrogens (tertiary/aromatic N) is 3. The quantitative estimate of drug-likeness (QED) is 0.514. The van der Waals surface area contributed by atoms with Crippen molar-refractivity contribution in [3.8, 4) is 0 Å². The zero-order chi connectivity index (χ0) is 26.6. The van der Waals surface area contributed by atoms with Crippen molar-refractivity contribution in [1.29, 1.82) is 0 Å². The number of carbonyl (C=O) groups excluding carboxylic acids is 1. The average molecular weight is 572 g/mol. The van der Waals surface area contributed by atoms with E-state index in [0.717, 1.165) is 0 Å². The summed E-state index contributed by atoms with van der Waals surface area (Å²) >= 11 is 5.99. The van der Waals surface area contributed by atoms with Gasteiger partial charge in [-0.05, 0) is 55.2 Å². The number of hydrogen-bond donors (Lipinski definition) is 1. The molecule has 12 heteroatoms. The molecule has 0 radical (unpaired) electrons. The molecule has 2 fully saturated rings. The Morgan fingerprint density at radius 1 is 1.11 bits per heavy atom. The van der Waals surface area contributed by atoms with Crippen molar-refractivity contribution in [3.63, 3.8) is 0 Å². The number of benzene rings is 2. The Morgan fingerprint density at radius 3 is 2.49 bits per heavy atom. The highest BCUT2D eigenvalue weighted by atomic mass is 35.5. The first-order chi connectivity index (χ1) is 17.7. The lowest BCUT2D eigenvalue weighted by Gasteiger charge is -2.41. The van der Waals surface area contributed by atoms with Crippen LogP contribution in [0.1, 0.15) is 30.9 Å². The molecule has 1 amide bonds. The minimum absolute atomic E-state index is 0.0640. The maximum absolute atomic E-state index is 14.5. The molecule has 0 saturated carbocycles. The van der Waals surface area contributed by atoms with Gasteiger partial charge in [-0.25, -0.2) is 17.6 Å². The predicted molar refractivity (Wildman–Crippen MR) is 143 cm³/mol. The number of piperidine rings is 1. The van der Waals surface area contributed by atoms with E-state index in [1.54, 1.807) is 17.0 Å². The van der Waals surface area contributed by atoms with Crippen LogP contribution in [0, 0.1) is 5.82 Å². The lowest BCUT2D eigenvalue weighted by molar-refractivity contribution is 0.0468. The number of aliphatic hydroxyl groups excluding tert-OH is 1. The van der Waals surface area contributed by atoms with Crippen molar-refractivity contribution in [2.75, 3.05) is 45.9 Å². The van der Waals surface area contributed by atoms with Crippen LogP contribution in [0.4, 0.5) is 9.18 Å². The molecule has 37 heavy (non-hydrogen) atoms. The van der Waals surface area contributed by atoms with Gasteiger partial charge < -0.3 is 14.7 Å². The molecule has 3 atom stereocenters. The van der Waals surface area contributed by atoms with Crippen LogP contribution in [0.3, 0.4) is 0 Å². The molecular weight excluding hydrogens is 540 g/mol. The zero-order valence-electron chi connectivity index (χ0n) is 20.4. The molecule has 0 aliphatic carbocycles. The van der Waals surface area contributed by atoms with Crippen molar-refractivity contribution in [3.05, 3.63) is 58.9 Å². The van der Waals surface area contributed by atoms with E-state index in [1.165, 1.54) is 34.6 Å². The fourth-order valence-corrected chi connectivity index (χ4v) is 7.34. The maximum Gasteiger partial charge on any atom is 0.409 e. The number of sulfonamides is 1. The lowest BCUT2D eigenvalue weighted by Crippen LogP contribution is -2.51. The number of rotatable bonds is 7. The second kappa shape index (κ2) is 12.4. The second-order valence-electron chi connectivity index (χ2n) is 9.26. The van der Waals surface area contributed by atoms with Gasteiger partial charge in [0.1, 0.15) is 12.4 Å². The first-order valence-corrected chi connectivity index (χ1v) is 14.7. The summed E-state index contributed by atoms with van der Waals surface area (Å²) in [5.74, 6) is -0.430. The molecule has 2 aromatic rings. The summed E-state index contributed by atoms with van der Waals surface area (Å²) in [6.45, 7) is 2.72. The molecule has 2 aromatic carbocycles. The highest BCUT2D eigenvalue weighted by Gasteiger charge is 2.42. The van der Waals surface area contributed by atoms with E-state index >= 15 is 0 Å². The molecule has 2 saturated heterocycles. The average Bonchev–Trinajstić information content (AvgIpc) is 2.89. The summed E-state index contributed by atoms with van der Waals surface area (Å²) in [7, 11) is -1.65. The van der Waals surface area contributed by atoms with Crippen LogP contribution in [-0.2, 0) is 14.8 Å². The number of piperazine rings is 1. The Kier molecular flexibility index (Phi) is 9.43. The monoisotopic (exact) mass is 571 g/mol. The number of halogens is 2. The van der Waals surface area contributed by atoms with Crippen molar-refractivity contribution in [1.82, 2.24) is 14.1 Å². The molecule has 0 spiro atoms. The van der Waals surface area contributed by atoms with E-state index in [9.17, 15) is 17.6 Å². The normalized spacial score (nSPS) is 21.7.